The molecule has 0 aliphatic carbocycles. The lowest BCUT2D eigenvalue weighted by molar-refractivity contribution is 0.0497. The Morgan fingerprint density at radius 1 is 1.04 bits per heavy atom. The highest BCUT2D eigenvalue weighted by Crippen LogP contribution is 2.10. The van der Waals surface area contributed by atoms with E-state index in [0.717, 1.165) is 32.0 Å². The lowest BCUT2D eigenvalue weighted by Crippen LogP contribution is -2.40. The first kappa shape index (κ1) is 27.3. The molecule has 0 saturated carbocycles. The van der Waals surface area contributed by atoms with Crippen molar-refractivity contribution in [1.82, 2.24) is 10.6 Å². The van der Waals surface area contributed by atoms with Crippen LogP contribution in [0.15, 0.2) is 4.99 Å². The molecule has 0 aromatic carbocycles. The molecule has 0 aromatic rings. The molecule has 0 saturated heterocycles. The molecular formula is C17H38IN3O3S. The van der Waals surface area contributed by atoms with Crippen molar-refractivity contribution in [1.29, 1.82) is 0 Å². The van der Waals surface area contributed by atoms with E-state index in [4.69, 9.17) is 9.47 Å². The summed E-state index contributed by atoms with van der Waals surface area (Å²) in [6.07, 6.45) is 2.25. The van der Waals surface area contributed by atoms with Crippen LogP contribution in [0.1, 0.15) is 47.5 Å². The van der Waals surface area contributed by atoms with E-state index in [9.17, 15) is 4.21 Å². The molecule has 0 aromatic heterocycles. The van der Waals surface area contributed by atoms with E-state index in [1.54, 1.807) is 0 Å². The molecule has 0 heterocycles. The Labute approximate surface area is 173 Å². The summed E-state index contributed by atoms with van der Waals surface area (Å²) in [7, 11) is -0.855. The number of aliphatic imine (C=N–C) groups is 1. The van der Waals surface area contributed by atoms with Gasteiger partial charge in [0.15, 0.2) is 5.96 Å². The molecule has 0 radical (unpaired) electrons. The molecule has 0 aliphatic heterocycles. The summed E-state index contributed by atoms with van der Waals surface area (Å²) in [5.41, 5.74) is 0. The molecule has 8 heteroatoms. The van der Waals surface area contributed by atoms with Gasteiger partial charge in [-0.05, 0) is 34.1 Å². The van der Waals surface area contributed by atoms with Crippen LogP contribution in [0.5, 0.6) is 0 Å². The highest BCUT2D eigenvalue weighted by Gasteiger charge is 2.18. The van der Waals surface area contributed by atoms with Crippen LogP contribution in [0.4, 0.5) is 0 Å². The van der Waals surface area contributed by atoms with Gasteiger partial charge in [0.1, 0.15) is 0 Å². The summed E-state index contributed by atoms with van der Waals surface area (Å²) in [5, 5.41) is 6.39. The Morgan fingerprint density at radius 3 is 2.24 bits per heavy atom. The first-order chi connectivity index (χ1) is 11.4. The van der Waals surface area contributed by atoms with Gasteiger partial charge in [0, 0.05) is 41.0 Å². The van der Waals surface area contributed by atoms with Crippen LogP contribution in [0, 0.1) is 0 Å². The number of hydrogen-bond donors (Lipinski definition) is 2. The zero-order valence-corrected chi connectivity index (χ0v) is 19.7. The standard InChI is InChI=1S/C17H37N3O3S.HI/c1-6-8-11-22-13-14-23-12-9-19-16(18-7-2)20-10-15-24(21)17(3,4)5;/h6-15H2,1-5H3,(H2,18,19,20);1H. The highest BCUT2D eigenvalue weighted by molar-refractivity contribution is 14.0. The summed E-state index contributed by atoms with van der Waals surface area (Å²) in [4.78, 5) is 4.45. The van der Waals surface area contributed by atoms with Gasteiger partial charge in [-0.3, -0.25) is 9.20 Å². The van der Waals surface area contributed by atoms with Crippen LogP contribution in [0.2, 0.25) is 0 Å². The molecule has 0 rings (SSSR count). The third kappa shape index (κ3) is 17.3. The van der Waals surface area contributed by atoms with E-state index in [0.29, 0.717) is 38.7 Å². The van der Waals surface area contributed by atoms with E-state index in [2.05, 4.69) is 22.5 Å². The predicted octanol–water partition coefficient (Wildman–Crippen LogP) is 2.54. The largest absolute Gasteiger partial charge is 0.379 e. The van der Waals surface area contributed by atoms with Crippen LogP contribution >= 0.6 is 24.0 Å². The molecule has 1 atom stereocenters. The third-order valence-electron chi connectivity index (χ3n) is 3.13. The van der Waals surface area contributed by atoms with Gasteiger partial charge >= 0.3 is 0 Å². The zero-order valence-electron chi connectivity index (χ0n) is 16.6. The fraction of sp³-hybridized carbons (Fsp3) is 0.941. The van der Waals surface area contributed by atoms with Crippen molar-refractivity contribution in [2.45, 2.75) is 52.2 Å². The maximum absolute atomic E-state index is 12.0. The molecule has 0 bridgehead atoms. The first-order valence-electron chi connectivity index (χ1n) is 8.98. The maximum Gasteiger partial charge on any atom is 0.191 e. The van der Waals surface area contributed by atoms with Crippen molar-refractivity contribution in [2.24, 2.45) is 4.99 Å². The Kier molecular flexibility index (Phi) is 19.1. The summed E-state index contributed by atoms with van der Waals surface area (Å²) in [6, 6.07) is 0. The number of rotatable bonds is 13. The van der Waals surface area contributed by atoms with Gasteiger partial charge in [-0.2, -0.15) is 0 Å². The Bertz CT molecular complexity index is 364. The molecule has 0 amide bonds. The number of halogens is 1. The smallest absolute Gasteiger partial charge is 0.191 e. The number of hydrogen-bond acceptors (Lipinski definition) is 4. The Morgan fingerprint density at radius 2 is 1.68 bits per heavy atom. The SMILES string of the molecule is CCCCOCCOCCN=C(NCC)NCCS(=O)C(C)(C)C.I. The van der Waals surface area contributed by atoms with Crippen molar-refractivity contribution in [3.05, 3.63) is 0 Å². The molecule has 6 nitrogen and oxygen atoms in total. The third-order valence-corrected chi connectivity index (χ3v) is 5.07. The van der Waals surface area contributed by atoms with Crippen molar-refractivity contribution < 1.29 is 13.7 Å². The maximum atomic E-state index is 12.0. The van der Waals surface area contributed by atoms with Crippen molar-refractivity contribution >= 4 is 40.7 Å². The van der Waals surface area contributed by atoms with Gasteiger partial charge in [-0.25, -0.2) is 0 Å². The van der Waals surface area contributed by atoms with Crippen LogP contribution in [-0.2, 0) is 20.3 Å². The molecule has 0 aliphatic rings. The topological polar surface area (TPSA) is 72.0 Å². The number of guanidine groups is 1. The monoisotopic (exact) mass is 491 g/mol. The summed E-state index contributed by atoms with van der Waals surface area (Å²) in [6.45, 7) is 14.8. The quantitative estimate of drug-likeness (QED) is 0.179. The number of nitrogens with zero attached hydrogens (tertiary/aromatic N) is 1. The predicted molar refractivity (Wildman–Crippen MR) is 119 cm³/mol. The van der Waals surface area contributed by atoms with E-state index in [1.807, 2.05) is 27.7 Å². The number of unbranched alkanes of at least 4 members (excludes halogenated alkanes) is 1. The molecule has 0 fully saturated rings. The van der Waals surface area contributed by atoms with Crippen molar-refractivity contribution in [3.8, 4) is 0 Å². The Balaban J connectivity index is 0. The van der Waals surface area contributed by atoms with Gasteiger partial charge in [0.2, 0.25) is 0 Å². The highest BCUT2D eigenvalue weighted by atomic mass is 127. The van der Waals surface area contributed by atoms with Gasteiger partial charge in [-0.1, -0.05) is 13.3 Å². The first-order valence-corrected chi connectivity index (χ1v) is 10.3. The minimum Gasteiger partial charge on any atom is -0.379 e. The lowest BCUT2D eigenvalue weighted by Gasteiger charge is -2.18. The average Bonchev–Trinajstić information content (AvgIpc) is 2.52. The second kappa shape index (κ2) is 17.5. The molecule has 2 N–H and O–H groups in total. The van der Waals surface area contributed by atoms with E-state index in [1.165, 1.54) is 0 Å². The average molecular weight is 491 g/mol. The number of ether oxygens (including phenoxy) is 2. The normalized spacial score (nSPS) is 13.2. The van der Waals surface area contributed by atoms with E-state index in [-0.39, 0.29) is 28.7 Å². The van der Waals surface area contributed by atoms with Gasteiger partial charge in [0.25, 0.3) is 0 Å². The molecule has 25 heavy (non-hydrogen) atoms. The van der Waals surface area contributed by atoms with E-state index < -0.39 is 10.8 Å². The lowest BCUT2D eigenvalue weighted by atomic mass is 10.3. The zero-order chi connectivity index (χ0) is 18.3. The van der Waals surface area contributed by atoms with Crippen LogP contribution < -0.4 is 10.6 Å². The minimum atomic E-state index is -0.855. The van der Waals surface area contributed by atoms with Crippen LogP contribution in [-0.4, -0.2) is 66.7 Å². The molecule has 0 spiro atoms. The van der Waals surface area contributed by atoms with Crippen LogP contribution in [0.3, 0.4) is 0 Å². The Hall–Kier alpha value is 0.0700. The second-order valence-corrected chi connectivity index (χ2v) is 8.75. The molecule has 152 valence electrons. The van der Waals surface area contributed by atoms with Gasteiger partial charge < -0.3 is 20.1 Å². The fourth-order valence-electron chi connectivity index (χ4n) is 1.70. The van der Waals surface area contributed by atoms with Gasteiger partial charge in [-0.15, -0.1) is 24.0 Å². The van der Waals surface area contributed by atoms with Crippen LogP contribution in [0.25, 0.3) is 0 Å². The van der Waals surface area contributed by atoms with E-state index >= 15 is 0 Å². The van der Waals surface area contributed by atoms with Crippen molar-refractivity contribution in [2.75, 3.05) is 51.8 Å². The number of nitrogens with one attached hydrogen (secondary N) is 2. The summed E-state index contributed by atoms with van der Waals surface area (Å²) >= 11 is 0. The summed E-state index contributed by atoms with van der Waals surface area (Å²) < 4.78 is 22.8. The fourth-order valence-corrected chi connectivity index (χ4v) is 2.60. The second-order valence-electron chi connectivity index (χ2n) is 6.43. The minimum absolute atomic E-state index is 0. The van der Waals surface area contributed by atoms with Gasteiger partial charge in [0.05, 0.1) is 26.4 Å². The van der Waals surface area contributed by atoms with Crippen molar-refractivity contribution in [3.63, 3.8) is 0 Å². The summed E-state index contributed by atoms with van der Waals surface area (Å²) in [5.74, 6) is 1.35. The molecule has 1 unspecified atom stereocenters. The molecular weight excluding hydrogens is 453 g/mol.